The first-order chi connectivity index (χ1) is 15.0. The number of esters is 1. The number of carbonyl (C=O) groups is 4. The van der Waals surface area contributed by atoms with Gasteiger partial charge in [-0.2, -0.15) is 12.7 Å². The van der Waals surface area contributed by atoms with E-state index in [1.165, 1.54) is 5.38 Å². The summed E-state index contributed by atoms with van der Waals surface area (Å²) in [5.41, 5.74) is -0.454. The molecule has 0 radical (unpaired) electrons. The molecule has 176 valence electrons. The second kappa shape index (κ2) is 10.7. The Bertz CT molecular complexity index is 1040. The first kappa shape index (κ1) is 25.4. The number of oxime groups is 1. The van der Waals surface area contributed by atoms with Crippen LogP contribution in [-0.4, -0.2) is 83.3 Å². The van der Waals surface area contributed by atoms with Crippen molar-refractivity contribution in [2.45, 2.75) is 25.4 Å². The van der Waals surface area contributed by atoms with E-state index in [-0.39, 0.29) is 27.6 Å². The highest BCUT2D eigenvalue weighted by Gasteiger charge is 2.58. The van der Waals surface area contributed by atoms with Gasteiger partial charge in [0.05, 0.1) is 7.11 Å². The van der Waals surface area contributed by atoms with E-state index in [1.807, 2.05) is 0 Å². The number of anilines is 1. The number of rotatable bonds is 10. The van der Waals surface area contributed by atoms with Crippen LogP contribution in [0.1, 0.15) is 19.0 Å². The molecule has 1 fully saturated rings. The molecular weight excluding hydrogens is 494 g/mol. The van der Waals surface area contributed by atoms with E-state index >= 15 is 0 Å². The molecule has 2 rings (SSSR count). The van der Waals surface area contributed by atoms with Crippen LogP contribution < -0.4 is 10.6 Å². The number of alkyl halides is 1. The van der Waals surface area contributed by atoms with Gasteiger partial charge < -0.3 is 20.2 Å². The molecule has 32 heavy (non-hydrogen) atoms. The lowest BCUT2D eigenvalue weighted by Gasteiger charge is -2.41. The third kappa shape index (κ3) is 5.70. The molecule has 17 heteroatoms. The molecule has 0 aliphatic carbocycles. The van der Waals surface area contributed by atoms with Crippen LogP contribution in [0.4, 0.5) is 5.13 Å². The second-order valence-electron chi connectivity index (χ2n) is 6.02. The molecule has 0 saturated carbocycles. The number of β-lactam (4-membered cyclic amide) rings is 1. The predicted octanol–water partition coefficient (Wildman–Crippen LogP) is -0.877. The highest BCUT2D eigenvalue weighted by atomic mass is 35.5. The monoisotopic (exact) mass is 511 g/mol. The molecule has 0 aromatic carbocycles. The Morgan fingerprint density at radius 1 is 1.41 bits per heavy atom. The standard InChI is InChI=1S/C15H18ClN5O9S2/c1-3-4-30-20-9(7-6-31-15(17-7)18-8(22)5-16)12(23)19-10-11(14(25)29-2)21(13(10)24)32(26,27)28/h6,10-11H,3-5H2,1-2H3,(H,19,23)(H,17,18,22)(H,26,27,28). The van der Waals surface area contributed by atoms with Gasteiger partial charge in [-0.1, -0.05) is 12.1 Å². The van der Waals surface area contributed by atoms with E-state index in [0.29, 0.717) is 6.42 Å². The van der Waals surface area contributed by atoms with Gasteiger partial charge in [0.25, 0.3) is 11.8 Å². The lowest BCUT2D eigenvalue weighted by atomic mass is 9.98. The van der Waals surface area contributed by atoms with Gasteiger partial charge in [0.1, 0.15) is 24.2 Å². The van der Waals surface area contributed by atoms with E-state index in [2.05, 4.69) is 25.5 Å². The highest BCUT2D eigenvalue weighted by Crippen LogP contribution is 2.25. The predicted molar refractivity (Wildman–Crippen MR) is 110 cm³/mol. The van der Waals surface area contributed by atoms with Crippen LogP contribution in [0, 0.1) is 0 Å². The molecule has 0 bridgehead atoms. The molecule has 14 nitrogen and oxygen atoms in total. The van der Waals surface area contributed by atoms with Crippen LogP contribution in [0.3, 0.4) is 0 Å². The number of hydrogen-bond donors (Lipinski definition) is 3. The van der Waals surface area contributed by atoms with Crippen molar-refractivity contribution in [1.82, 2.24) is 14.6 Å². The van der Waals surface area contributed by atoms with Gasteiger partial charge in [0, 0.05) is 5.38 Å². The minimum Gasteiger partial charge on any atom is -0.467 e. The Labute approximate surface area is 190 Å². The fraction of sp³-hybridized carbons (Fsp3) is 0.467. The molecule has 1 aliphatic heterocycles. The number of nitrogens with one attached hydrogen (secondary N) is 2. The smallest absolute Gasteiger partial charge is 0.363 e. The molecule has 1 aromatic rings. The van der Waals surface area contributed by atoms with Crippen LogP contribution in [0.2, 0.25) is 0 Å². The van der Waals surface area contributed by atoms with Crippen molar-refractivity contribution in [1.29, 1.82) is 0 Å². The summed E-state index contributed by atoms with van der Waals surface area (Å²) >= 11 is 6.37. The number of carbonyl (C=O) groups excluding carboxylic acids is 4. The second-order valence-corrected chi connectivity index (χ2v) is 8.44. The molecule has 0 spiro atoms. The van der Waals surface area contributed by atoms with E-state index in [0.717, 1.165) is 18.4 Å². The van der Waals surface area contributed by atoms with E-state index in [1.54, 1.807) is 6.92 Å². The summed E-state index contributed by atoms with van der Waals surface area (Å²) in [7, 11) is -4.14. The summed E-state index contributed by atoms with van der Waals surface area (Å²) in [6.07, 6.45) is 0.557. The molecule has 2 heterocycles. The highest BCUT2D eigenvalue weighted by molar-refractivity contribution is 7.84. The van der Waals surface area contributed by atoms with Gasteiger partial charge in [0.15, 0.2) is 16.9 Å². The van der Waals surface area contributed by atoms with E-state index in [9.17, 15) is 27.6 Å². The van der Waals surface area contributed by atoms with Gasteiger partial charge in [0.2, 0.25) is 5.91 Å². The summed E-state index contributed by atoms with van der Waals surface area (Å²) in [5, 5.41) is 9.71. The molecule has 1 aliphatic rings. The number of methoxy groups -OCH3 is 1. The quantitative estimate of drug-likeness (QED) is 0.0675. The summed E-state index contributed by atoms with van der Waals surface area (Å²) in [4.78, 5) is 57.3. The van der Waals surface area contributed by atoms with Gasteiger partial charge in [-0.15, -0.1) is 22.9 Å². The number of hydrogen-bond acceptors (Lipinski definition) is 11. The average molecular weight is 512 g/mol. The summed E-state index contributed by atoms with van der Waals surface area (Å²) in [6, 6.07) is -3.49. The maximum atomic E-state index is 12.8. The van der Waals surface area contributed by atoms with Crippen LogP contribution in [-0.2, 0) is 39.1 Å². The fourth-order valence-corrected chi connectivity index (χ4v) is 4.04. The van der Waals surface area contributed by atoms with Crippen molar-refractivity contribution in [3.63, 3.8) is 0 Å². The largest absolute Gasteiger partial charge is 0.467 e. The Morgan fingerprint density at radius 3 is 2.66 bits per heavy atom. The van der Waals surface area contributed by atoms with Gasteiger partial charge in [-0.3, -0.25) is 18.9 Å². The normalized spacial score (nSPS) is 18.6. The topological polar surface area (TPSA) is 194 Å². The zero-order chi connectivity index (χ0) is 24.1. The Hall–Kier alpha value is -2.82. The minimum atomic E-state index is -5.07. The Morgan fingerprint density at radius 2 is 2.09 bits per heavy atom. The van der Waals surface area contributed by atoms with Crippen LogP contribution in [0.15, 0.2) is 10.5 Å². The van der Waals surface area contributed by atoms with Crippen LogP contribution >= 0.6 is 22.9 Å². The zero-order valence-electron chi connectivity index (χ0n) is 16.6. The summed E-state index contributed by atoms with van der Waals surface area (Å²) in [6.45, 7) is 1.93. The number of thiazole rings is 1. The summed E-state index contributed by atoms with van der Waals surface area (Å²) in [5.74, 6) is -4.35. The molecule has 3 N–H and O–H groups in total. The molecular formula is C15H18ClN5O9S2. The van der Waals surface area contributed by atoms with Gasteiger partial charge in [-0.25, -0.2) is 9.78 Å². The average Bonchev–Trinajstić information content (AvgIpc) is 3.19. The van der Waals surface area contributed by atoms with Crippen molar-refractivity contribution < 1.29 is 41.7 Å². The first-order valence-corrected chi connectivity index (χ1v) is 11.6. The number of ether oxygens (including phenoxy) is 1. The maximum Gasteiger partial charge on any atom is 0.363 e. The third-order valence-corrected chi connectivity index (χ3v) is 5.72. The van der Waals surface area contributed by atoms with E-state index in [4.69, 9.17) is 21.0 Å². The minimum absolute atomic E-state index is 0.0403. The molecule has 3 amide bonds. The fourth-order valence-electron chi connectivity index (χ4n) is 2.42. The molecule has 1 aromatic heterocycles. The molecule has 2 atom stereocenters. The van der Waals surface area contributed by atoms with Crippen molar-refractivity contribution in [2.75, 3.05) is 24.9 Å². The molecule has 2 unspecified atom stereocenters. The Balaban J connectivity index is 2.29. The maximum absolute atomic E-state index is 12.8. The van der Waals surface area contributed by atoms with E-state index < -0.39 is 51.8 Å². The van der Waals surface area contributed by atoms with Crippen molar-refractivity contribution in [2.24, 2.45) is 5.16 Å². The number of aromatic nitrogens is 1. The number of nitrogens with zero attached hydrogens (tertiary/aromatic N) is 3. The third-order valence-electron chi connectivity index (χ3n) is 3.81. The van der Waals surface area contributed by atoms with Crippen molar-refractivity contribution in [3.05, 3.63) is 11.1 Å². The SMILES string of the molecule is CCCON=C(C(=O)NC1C(=O)N(S(=O)(=O)O)C1C(=O)OC)c1csc(NC(=O)CCl)n1. The van der Waals surface area contributed by atoms with Crippen molar-refractivity contribution in [3.8, 4) is 0 Å². The number of halogens is 1. The van der Waals surface area contributed by atoms with Gasteiger partial charge in [-0.05, 0) is 6.42 Å². The zero-order valence-corrected chi connectivity index (χ0v) is 19.0. The van der Waals surface area contributed by atoms with Gasteiger partial charge >= 0.3 is 16.3 Å². The van der Waals surface area contributed by atoms with Crippen molar-refractivity contribution >= 4 is 67.8 Å². The van der Waals surface area contributed by atoms with Crippen LogP contribution in [0.25, 0.3) is 0 Å². The lowest BCUT2D eigenvalue weighted by molar-refractivity contribution is -0.162. The van der Waals surface area contributed by atoms with Crippen LogP contribution in [0.5, 0.6) is 0 Å². The lowest BCUT2D eigenvalue weighted by Crippen LogP contribution is -2.74. The summed E-state index contributed by atoms with van der Waals surface area (Å²) < 4.78 is 36.2. The molecule has 1 saturated heterocycles. The first-order valence-electron chi connectivity index (χ1n) is 8.76. The Kier molecular flexibility index (Phi) is 8.48. The number of amides is 3.